The molecule has 0 heterocycles. The largest absolute Gasteiger partial charge is 3.00 e. The van der Waals surface area contributed by atoms with Crippen LogP contribution >= 0.6 is 0 Å². The molecule has 0 rings (SSSR count). The molecule has 0 amide bonds. The van der Waals surface area contributed by atoms with Crippen LogP contribution in [0.5, 0.6) is 0 Å². The predicted octanol–water partition coefficient (Wildman–Crippen LogP) is -10.5. The zero-order valence-electron chi connectivity index (χ0n) is 8.71. The SMILES string of the molecule is O=[Si]([O-])[O-].O=[Si]([O-])[O-].O=[Si]([O-])[O-].[Al+3].[Al+3].[Al+3].[Al+3].[O-2].[O-2].[O-2]. The first-order valence-electron chi connectivity index (χ1n) is 1.84. The summed E-state index contributed by atoms with van der Waals surface area (Å²) in [6, 6.07) is 0. The molecule has 19 heavy (non-hydrogen) atoms. The third-order valence-electron chi connectivity index (χ3n) is 0. The molecule has 0 radical (unpaired) electrons. The van der Waals surface area contributed by atoms with E-state index in [2.05, 4.69) is 0 Å². The molecule has 0 fully saturated rings. The second kappa shape index (κ2) is 61.9. The minimum atomic E-state index is -3.63. The zero-order valence-corrected chi connectivity index (χ0v) is 16.3. The summed E-state index contributed by atoms with van der Waals surface area (Å²) in [7, 11) is -10.9. The van der Waals surface area contributed by atoms with Crippen LogP contribution < -0.4 is 28.8 Å². The van der Waals surface area contributed by atoms with E-state index in [1.54, 1.807) is 0 Å². The summed E-state index contributed by atoms with van der Waals surface area (Å²) < 4.78 is 25.6. The van der Waals surface area contributed by atoms with Crippen LogP contribution in [0.1, 0.15) is 0 Å². The fraction of sp³-hybridized carbons (Fsp3) is 0. The van der Waals surface area contributed by atoms with E-state index >= 15 is 0 Å². The van der Waals surface area contributed by atoms with E-state index in [0.29, 0.717) is 0 Å². The molecule has 0 spiro atoms. The van der Waals surface area contributed by atoms with Crippen molar-refractivity contribution >= 4 is 97.0 Å². The normalized spacial score (nSPS) is 3.79. The molecule has 0 bridgehead atoms. The van der Waals surface area contributed by atoms with E-state index in [1.807, 2.05) is 0 Å². The molecule has 0 aliphatic heterocycles. The maximum Gasteiger partial charge on any atom is 3.00 e. The van der Waals surface area contributed by atoms with Crippen LogP contribution in [0.4, 0.5) is 0 Å². The van der Waals surface area contributed by atoms with Gasteiger partial charge in [0.05, 0.1) is 0 Å². The van der Waals surface area contributed by atoms with E-state index in [0.717, 1.165) is 0 Å². The van der Waals surface area contributed by atoms with Crippen molar-refractivity contribution in [3.63, 3.8) is 0 Å². The van der Waals surface area contributed by atoms with Gasteiger partial charge in [-0.3, -0.25) is 0 Å². The molecule has 0 atom stereocenters. The minimum absolute atomic E-state index is 0. The molecule has 0 saturated carbocycles. The van der Waals surface area contributed by atoms with E-state index in [4.69, 9.17) is 42.2 Å². The van der Waals surface area contributed by atoms with Crippen molar-refractivity contribution in [2.24, 2.45) is 0 Å². The van der Waals surface area contributed by atoms with Crippen molar-refractivity contribution in [3.8, 4) is 0 Å². The van der Waals surface area contributed by atoms with Crippen LogP contribution in [0, 0.1) is 0 Å². The number of hydrogen-bond donors (Lipinski definition) is 0. The van der Waals surface area contributed by atoms with Gasteiger partial charge in [-0.15, -0.1) is 0 Å². The fourth-order valence-electron chi connectivity index (χ4n) is 0. The average molecular weight is 384 g/mol. The van der Waals surface area contributed by atoms with Crippen molar-refractivity contribution in [2.75, 3.05) is 0 Å². The van der Waals surface area contributed by atoms with Crippen LogP contribution in [0.25, 0.3) is 0 Å². The van der Waals surface area contributed by atoms with Gasteiger partial charge in [-0.2, -0.15) is 0 Å². The van der Waals surface area contributed by atoms with Crippen molar-refractivity contribution in [3.05, 3.63) is 0 Å². The maximum atomic E-state index is 8.52. The molecule has 12 nitrogen and oxygen atoms in total. The van der Waals surface area contributed by atoms with Crippen LogP contribution in [-0.4, -0.2) is 97.0 Å². The Morgan fingerprint density at radius 1 is 0.421 bits per heavy atom. The van der Waals surface area contributed by atoms with Crippen molar-refractivity contribution in [1.29, 1.82) is 0 Å². The molecule has 0 aromatic carbocycles. The van der Waals surface area contributed by atoms with Gasteiger partial charge in [0.1, 0.15) is 0 Å². The van der Waals surface area contributed by atoms with E-state index in [1.165, 1.54) is 0 Å². The Kier molecular flexibility index (Phi) is 237. The standard InChI is InChI=1S/4Al.3O3Si.3O/c;;;;3*1-4(2)3;;;/q4*+3;6*-2. The van der Waals surface area contributed by atoms with Crippen molar-refractivity contribution in [1.82, 2.24) is 0 Å². The molecule has 0 aliphatic rings. The van der Waals surface area contributed by atoms with Crippen LogP contribution in [0.15, 0.2) is 0 Å². The molecule has 0 unspecified atom stereocenters. The zero-order chi connectivity index (χ0) is 10.7. The number of hydrogen-bond acceptors (Lipinski definition) is 9. The van der Waals surface area contributed by atoms with Crippen molar-refractivity contribution < 1.29 is 58.6 Å². The molecular formula is Al4O12Si3. The Hall–Kier alpha value is 0.861. The van der Waals surface area contributed by atoms with Gasteiger partial charge in [-0.25, -0.2) is 0 Å². The first-order valence-corrected chi connectivity index (χ1v) is 5.51. The average Bonchev–Trinajstić information content (AvgIpc) is 1.54. The van der Waals surface area contributed by atoms with Gasteiger partial charge < -0.3 is 58.6 Å². The third-order valence-corrected chi connectivity index (χ3v) is 0. The Morgan fingerprint density at radius 3 is 0.421 bits per heavy atom. The van der Waals surface area contributed by atoms with E-state index in [9.17, 15) is 0 Å². The molecular weight excluding hydrogens is 384 g/mol. The topological polar surface area (TPSA) is 275 Å². The molecule has 19 heteroatoms. The second-order valence-electron chi connectivity index (χ2n) is 0.750. The van der Waals surface area contributed by atoms with Gasteiger partial charge in [0.15, 0.2) is 0 Å². The summed E-state index contributed by atoms with van der Waals surface area (Å²) >= 11 is 0. The Morgan fingerprint density at radius 2 is 0.421 bits per heavy atom. The van der Waals surface area contributed by atoms with Gasteiger partial charge in [0.2, 0.25) is 0 Å². The fourth-order valence-corrected chi connectivity index (χ4v) is 0. The molecule has 0 N–H and O–H groups in total. The van der Waals surface area contributed by atoms with Gasteiger partial charge in [0, 0.05) is 27.5 Å². The van der Waals surface area contributed by atoms with Crippen LogP contribution in [0.3, 0.4) is 0 Å². The van der Waals surface area contributed by atoms with E-state index in [-0.39, 0.29) is 85.9 Å². The Labute approximate surface area is 154 Å². The minimum Gasteiger partial charge on any atom is -2.00 e. The molecule has 0 saturated heterocycles. The van der Waals surface area contributed by atoms with Gasteiger partial charge in [-0.1, -0.05) is 0 Å². The monoisotopic (exact) mass is 384 g/mol. The smallest absolute Gasteiger partial charge is 2.00 e. The Bertz CT molecular complexity index is 123. The summed E-state index contributed by atoms with van der Waals surface area (Å²) in [6.45, 7) is 0. The van der Waals surface area contributed by atoms with Crippen LogP contribution in [-0.2, 0) is 29.8 Å². The first-order chi connectivity index (χ1) is 5.20. The Balaban J connectivity index is -0.00000000675. The third kappa shape index (κ3) is 7240. The number of rotatable bonds is 0. The summed E-state index contributed by atoms with van der Waals surface area (Å²) in [5.41, 5.74) is 0. The van der Waals surface area contributed by atoms with Crippen molar-refractivity contribution in [2.45, 2.75) is 0 Å². The molecule has 96 valence electrons. The van der Waals surface area contributed by atoms with E-state index < -0.39 is 27.5 Å². The summed E-state index contributed by atoms with van der Waals surface area (Å²) in [6.07, 6.45) is 0. The molecule has 0 aliphatic carbocycles. The van der Waals surface area contributed by atoms with Gasteiger partial charge in [-0.05, 0) is 0 Å². The quantitative estimate of drug-likeness (QED) is 0.358. The first kappa shape index (κ1) is 72.7. The predicted molar refractivity (Wildman–Crippen MR) is 44.4 cm³/mol. The summed E-state index contributed by atoms with van der Waals surface area (Å²) in [4.78, 5) is 51.1. The van der Waals surface area contributed by atoms with Gasteiger partial charge in [0.25, 0.3) is 0 Å². The maximum absolute atomic E-state index is 8.52. The second-order valence-corrected chi connectivity index (χ2v) is 2.25. The van der Waals surface area contributed by atoms with Gasteiger partial charge >= 0.3 is 69.4 Å². The summed E-state index contributed by atoms with van der Waals surface area (Å²) in [5, 5.41) is 0. The molecule has 0 aromatic rings. The summed E-state index contributed by atoms with van der Waals surface area (Å²) in [5.74, 6) is 0. The molecule has 0 aromatic heterocycles. The van der Waals surface area contributed by atoms with Crippen LogP contribution in [0.2, 0.25) is 0 Å².